The van der Waals surface area contributed by atoms with Crippen molar-refractivity contribution < 1.29 is 4.79 Å². The average molecular weight is 315 g/mol. The maximum absolute atomic E-state index is 11.7. The van der Waals surface area contributed by atoms with Gasteiger partial charge in [0.15, 0.2) is 0 Å². The van der Waals surface area contributed by atoms with Crippen LogP contribution in [0.2, 0.25) is 0 Å². The van der Waals surface area contributed by atoms with Crippen LogP contribution in [0.5, 0.6) is 0 Å². The Hall–Kier alpha value is -1.68. The van der Waals surface area contributed by atoms with E-state index in [1.807, 2.05) is 12.1 Å². The maximum Gasteiger partial charge on any atom is 0.243 e. The normalized spacial score (nSPS) is 15.8. The van der Waals surface area contributed by atoms with Crippen molar-refractivity contribution in [2.45, 2.75) is 44.9 Å². The minimum Gasteiger partial charge on any atom is -0.353 e. The fourth-order valence-corrected chi connectivity index (χ4v) is 3.00. The smallest absolute Gasteiger partial charge is 0.243 e. The molecule has 0 aliphatic carbocycles. The van der Waals surface area contributed by atoms with Gasteiger partial charge in [0.2, 0.25) is 5.91 Å². The van der Waals surface area contributed by atoms with Crippen LogP contribution in [0, 0.1) is 5.92 Å². The van der Waals surface area contributed by atoms with E-state index in [2.05, 4.69) is 15.6 Å². The molecular formula is C19H29N3O. The first kappa shape index (κ1) is 17.7. The first-order chi connectivity index (χ1) is 11.3. The molecule has 0 saturated carbocycles. The van der Waals surface area contributed by atoms with Crippen molar-refractivity contribution in [3.05, 3.63) is 36.2 Å². The van der Waals surface area contributed by atoms with Gasteiger partial charge >= 0.3 is 0 Å². The van der Waals surface area contributed by atoms with E-state index in [1.165, 1.54) is 51.6 Å². The van der Waals surface area contributed by atoms with Gasteiger partial charge in [-0.15, -0.1) is 0 Å². The average Bonchev–Trinajstić information content (AvgIpc) is 2.61. The van der Waals surface area contributed by atoms with Crippen molar-refractivity contribution in [2.75, 3.05) is 19.6 Å². The number of rotatable bonds is 9. The molecule has 23 heavy (non-hydrogen) atoms. The minimum absolute atomic E-state index is 0.0245. The fraction of sp³-hybridized carbons (Fsp3) is 0.579. The summed E-state index contributed by atoms with van der Waals surface area (Å²) in [4.78, 5) is 15.7. The van der Waals surface area contributed by atoms with Crippen LogP contribution in [-0.4, -0.2) is 30.5 Å². The molecule has 0 unspecified atom stereocenters. The van der Waals surface area contributed by atoms with Gasteiger partial charge in [-0.3, -0.25) is 9.78 Å². The van der Waals surface area contributed by atoms with Crippen LogP contribution in [-0.2, 0) is 4.79 Å². The second-order valence-electron chi connectivity index (χ2n) is 6.31. The topological polar surface area (TPSA) is 54.0 Å². The van der Waals surface area contributed by atoms with Gasteiger partial charge in [-0.25, -0.2) is 0 Å². The quantitative estimate of drug-likeness (QED) is 0.544. The van der Waals surface area contributed by atoms with E-state index in [9.17, 15) is 4.79 Å². The lowest BCUT2D eigenvalue weighted by Gasteiger charge is -2.22. The molecule has 0 atom stereocenters. The van der Waals surface area contributed by atoms with Crippen molar-refractivity contribution in [2.24, 2.45) is 5.92 Å². The molecule has 0 aromatic carbocycles. The number of nitrogens with one attached hydrogen (secondary N) is 2. The molecule has 1 aromatic heterocycles. The Bertz CT molecular complexity index is 467. The molecule has 1 aliphatic rings. The van der Waals surface area contributed by atoms with Crippen LogP contribution >= 0.6 is 0 Å². The molecule has 2 heterocycles. The number of nitrogens with zero attached hydrogens (tertiary/aromatic N) is 1. The summed E-state index contributed by atoms with van der Waals surface area (Å²) in [6, 6.07) is 3.79. The Morgan fingerprint density at radius 1 is 1.26 bits per heavy atom. The first-order valence-electron chi connectivity index (χ1n) is 8.91. The van der Waals surface area contributed by atoms with Crippen molar-refractivity contribution in [1.29, 1.82) is 0 Å². The third kappa shape index (κ3) is 7.93. The number of carbonyl (C=O) groups is 1. The number of hydrogen-bond donors (Lipinski definition) is 2. The van der Waals surface area contributed by atoms with Crippen LogP contribution < -0.4 is 10.6 Å². The second kappa shape index (κ2) is 10.9. The summed E-state index contributed by atoms with van der Waals surface area (Å²) in [7, 11) is 0. The molecule has 1 aromatic rings. The number of pyridine rings is 1. The summed E-state index contributed by atoms with van der Waals surface area (Å²) < 4.78 is 0. The zero-order chi connectivity index (χ0) is 16.2. The Balaban J connectivity index is 1.45. The third-order valence-electron chi connectivity index (χ3n) is 4.41. The molecule has 0 spiro atoms. The predicted molar refractivity (Wildman–Crippen MR) is 95.0 cm³/mol. The summed E-state index contributed by atoms with van der Waals surface area (Å²) in [5, 5.41) is 6.35. The standard InChI is InChI=1S/C19H29N3O/c23-19(9-8-18-7-5-12-21-16-18)22-13-4-2-1-3-6-17-10-14-20-15-11-17/h5,7-9,12,16-17,20H,1-4,6,10-11,13-15H2,(H,22,23)/b9-8+. The van der Waals surface area contributed by atoms with E-state index < -0.39 is 0 Å². The minimum atomic E-state index is -0.0245. The molecule has 126 valence electrons. The molecule has 1 saturated heterocycles. The van der Waals surface area contributed by atoms with E-state index in [4.69, 9.17) is 0 Å². The zero-order valence-corrected chi connectivity index (χ0v) is 14.0. The lowest BCUT2D eigenvalue weighted by atomic mass is 9.92. The largest absolute Gasteiger partial charge is 0.353 e. The highest BCUT2D eigenvalue weighted by Gasteiger charge is 2.11. The number of piperidine rings is 1. The van der Waals surface area contributed by atoms with Gasteiger partial charge < -0.3 is 10.6 Å². The summed E-state index contributed by atoms with van der Waals surface area (Å²) in [5.74, 6) is 0.914. The molecule has 2 rings (SSSR count). The summed E-state index contributed by atoms with van der Waals surface area (Å²) >= 11 is 0. The Morgan fingerprint density at radius 3 is 2.87 bits per heavy atom. The lowest BCUT2D eigenvalue weighted by molar-refractivity contribution is -0.116. The van der Waals surface area contributed by atoms with E-state index in [0.29, 0.717) is 0 Å². The molecule has 0 bridgehead atoms. The monoisotopic (exact) mass is 315 g/mol. The van der Waals surface area contributed by atoms with E-state index in [1.54, 1.807) is 24.5 Å². The summed E-state index contributed by atoms with van der Waals surface area (Å²) in [6.45, 7) is 3.16. The molecule has 2 N–H and O–H groups in total. The number of carbonyl (C=O) groups excluding carboxylic acids is 1. The first-order valence-corrected chi connectivity index (χ1v) is 8.91. The van der Waals surface area contributed by atoms with Gasteiger partial charge in [-0.1, -0.05) is 31.7 Å². The predicted octanol–water partition coefficient (Wildman–Crippen LogP) is 3.16. The fourth-order valence-electron chi connectivity index (χ4n) is 3.00. The lowest BCUT2D eigenvalue weighted by Crippen LogP contribution is -2.27. The highest BCUT2D eigenvalue weighted by atomic mass is 16.1. The van der Waals surface area contributed by atoms with Crippen molar-refractivity contribution >= 4 is 12.0 Å². The Kier molecular flexibility index (Phi) is 8.41. The van der Waals surface area contributed by atoms with Crippen LogP contribution in [0.15, 0.2) is 30.6 Å². The molecule has 1 fully saturated rings. The van der Waals surface area contributed by atoms with Crippen molar-refractivity contribution in [1.82, 2.24) is 15.6 Å². The number of aromatic nitrogens is 1. The summed E-state index contributed by atoms with van der Waals surface area (Å²) in [6.07, 6.45) is 15.8. The molecule has 1 amide bonds. The summed E-state index contributed by atoms with van der Waals surface area (Å²) in [5.41, 5.74) is 0.945. The molecule has 4 heteroatoms. The Morgan fingerprint density at radius 2 is 2.09 bits per heavy atom. The zero-order valence-electron chi connectivity index (χ0n) is 14.0. The van der Waals surface area contributed by atoms with Crippen molar-refractivity contribution in [3.63, 3.8) is 0 Å². The molecule has 1 aliphatic heterocycles. The van der Waals surface area contributed by atoms with Crippen LogP contribution in [0.3, 0.4) is 0 Å². The van der Waals surface area contributed by atoms with E-state index >= 15 is 0 Å². The Labute approximate surface area is 139 Å². The van der Waals surface area contributed by atoms with E-state index in [0.717, 1.165) is 24.4 Å². The van der Waals surface area contributed by atoms with Crippen molar-refractivity contribution in [3.8, 4) is 0 Å². The van der Waals surface area contributed by atoms with Gasteiger partial charge in [0.1, 0.15) is 0 Å². The van der Waals surface area contributed by atoms with Crippen LogP contribution in [0.4, 0.5) is 0 Å². The third-order valence-corrected chi connectivity index (χ3v) is 4.41. The van der Waals surface area contributed by atoms with E-state index in [-0.39, 0.29) is 5.91 Å². The van der Waals surface area contributed by atoms with Gasteiger partial charge in [-0.05, 0) is 56.0 Å². The number of unbranched alkanes of at least 4 members (excludes halogenated alkanes) is 3. The highest BCUT2D eigenvalue weighted by Crippen LogP contribution is 2.19. The van der Waals surface area contributed by atoms with Gasteiger partial charge in [-0.2, -0.15) is 0 Å². The maximum atomic E-state index is 11.7. The van der Waals surface area contributed by atoms with Gasteiger partial charge in [0.25, 0.3) is 0 Å². The van der Waals surface area contributed by atoms with Gasteiger partial charge in [0.05, 0.1) is 0 Å². The number of amides is 1. The molecular weight excluding hydrogens is 286 g/mol. The molecule has 4 nitrogen and oxygen atoms in total. The SMILES string of the molecule is O=C(/C=C/c1cccnc1)NCCCCCCC1CCNCC1. The second-order valence-corrected chi connectivity index (χ2v) is 6.31. The van der Waals surface area contributed by atoms with Gasteiger partial charge in [0, 0.05) is 25.0 Å². The van der Waals surface area contributed by atoms with Crippen LogP contribution in [0.1, 0.15) is 50.5 Å². The number of hydrogen-bond acceptors (Lipinski definition) is 3. The molecule has 0 radical (unpaired) electrons. The highest BCUT2D eigenvalue weighted by molar-refractivity contribution is 5.91. The van der Waals surface area contributed by atoms with Crippen LogP contribution in [0.25, 0.3) is 6.08 Å².